The fourth-order valence-electron chi connectivity index (χ4n) is 2.06. The second kappa shape index (κ2) is 6.66. The molecule has 0 radical (unpaired) electrons. The smallest absolute Gasteiger partial charge is 0.130 e. The van der Waals surface area contributed by atoms with Crippen LogP contribution < -0.4 is 5.32 Å². The first-order chi connectivity index (χ1) is 9.20. The highest BCUT2D eigenvalue weighted by Gasteiger charge is 2.17. The number of nitrogens with zero attached hydrogens (tertiary/aromatic N) is 2. The van der Waals surface area contributed by atoms with Crippen molar-refractivity contribution in [1.82, 2.24) is 9.97 Å². The van der Waals surface area contributed by atoms with Crippen molar-refractivity contribution in [1.29, 1.82) is 0 Å². The summed E-state index contributed by atoms with van der Waals surface area (Å²) in [7, 11) is 0. The average Bonchev–Trinajstić information content (AvgIpc) is 2.90. The molecule has 3 nitrogen and oxygen atoms in total. The minimum absolute atomic E-state index is 0.310. The van der Waals surface area contributed by atoms with Gasteiger partial charge in [0.1, 0.15) is 12.1 Å². The molecule has 0 fully saturated rings. The Morgan fingerprint density at radius 3 is 2.79 bits per heavy atom. The fraction of sp³-hybridized carbons (Fsp3) is 0.467. The second-order valence-corrected chi connectivity index (χ2v) is 6.01. The van der Waals surface area contributed by atoms with E-state index in [0.717, 1.165) is 24.4 Å². The largest absolute Gasteiger partial charge is 0.362 e. The highest BCUT2D eigenvalue weighted by molar-refractivity contribution is 7.10. The lowest BCUT2D eigenvalue weighted by atomic mass is 10.0. The van der Waals surface area contributed by atoms with E-state index >= 15 is 0 Å². The maximum Gasteiger partial charge on any atom is 0.130 e. The first-order valence-corrected chi connectivity index (χ1v) is 7.69. The lowest BCUT2D eigenvalue weighted by molar-refractivity contribution is 0.552. The molecule has 2 rings (SSSR count). The standard InChI is InChI=1S/C15H21N3S/c1-4-6-12-9-14(17-10-16-12)18-15(11(2)3)13-7-5-8-19-13/h5,7-11,15H,4,6H2,1-3H3,(H,16,17,18). The van der Waals surface area contributed by atoms with Gasteiger partial charge in [-0.1, -0.05) is 33.3 Å². The van der Waals surface area contributed by atoms with Gasteiger partial charge in [-0.25, -0.2) is 9.97 Å². The Kier molecular flexibility index (Phi) is 4.91. The molecule has 2 aromatic heterocycles. The summed E-state index contributed by atoms with van der Waals surface area (Å²) in [5.41, 5.74) is 1.11. The van der Waals surface area contributed by atoms with Crippen molar-refractivity contribution in [3.8, 4) is 0 Å². The molecule has 102 valence electrons. The van der Waals surface area contributed by atoms with Gasteiger partial charge < -0.3 is 5.32 Å². The maximum atomic E-state index is 4.34. The minimum Gasteiger partial charge on any atom is -0.362 e. The zero-order valence-electron chi connectivity index (χ0n) is 11.8. The summed E-state index contributed by atoms with van der Waals surface area (Å²) >= 11 is 1.79. The zero-order valence-corrected chi connectivity index (χ0v) is 12.6. The summed E-state index contributed by atoms with van der Waals surface area (Å²) in [6, 6.07) is 6.65. The number of anilines is 1. The van der Waals surface area contributed by atoms with E-state index in [4.69, 9.17) is 0 Å². The third kappa shape index (κ3) is 3.77. The molecule has 1 N–H and O–H groups in total. The molecule has 0 bridgehead atoms. The van der Waals surface area contributed by atoms with Crippen molar-refractivity contribution in [2.75, 3.05) is 5.32 Å². The molecule has 4 heteroatoms. The van der Waals surface area contributed by atoms with Gasteiger partial charge in [0.05, 0.1) is 6.04 Å². The molecular formula is C15H21N3S. The third-order valence-corrected chi connectivity index (χ3v) is 4.01. The van der Waals surface area contributed by atoms with Crippen LogP contribution in [0.2, 0.25) is 0 Å². The van der Waals surface area contributed by atoms with Gasteiger partial charge in [0.25, 0.3) is 0 Å². The molecule has 0 saturated heterocycles. The molecule has 0 aliphatic rings. The first-order valence-electron chi connectivity index (χ1n) is 6.81. The molecule has 0 spiro atoms. The lowest BCUT2D eigenvalue weighted by Gasteiger charge is -2.22. The Hall–Kier alpha value is -1.42. The predicted octanol–water partition coefficient (Wildman–Crippen LogP) is 4.30. The Balaban J connectivity index is 2.15. The van der Waals surface area contributed by atoms with Crippen molar-refractivity contribution < 1.29 is 0 Å². The normalized spacial score (nSPS) is 12.6. The van der Waals surface area contributed by atoms with Gasteiger partial charge in [-0.2, -0.15) is 0 Å². The highest BCUT2D eigenvalue weighted by atomic mass is 32.1. The van der Waals surface area contributed by atoms with Crippen molar-refractivity contribution >= 4 is 17.2 Å². The first kappa shape index (κ1) is 14.0. The van der Waals surface area contributed by atoms with Crippen LogP contribution in [0.1, 0.15) is 43.8 Å². The predicted molar refractivity (Wildman–Crippen MR) is 81.5 cm³/mol. The molecule has 2 heterocycles. The van der Waals surface area contributed by atoms with Gasteiger partial charge in [-0.15, -0.1) is 11.3 Å². The van der Waals surface area contributed by atoms with Gasteiger partial charge >= 0.3 is 0 Å². The van der Waals surface area contributed by atoms with Crippen LogP contribution in [-0.4, -0.2) is 9.97 Å². The van der Waals surface area contributed by atoms with Gasteiger partial charge in [0, 0.05) is 16.6 Å². The number of aromatic nitrogens is 2. The highest BCUT2D eigenvalue weighted by Crippen LogP contribution is 2.29. The van der Waals surface area contributed by atoms with Crippen LogP contribution in [0, 0.1) is 5.92 Å². The lowest BCUT2D eigenvalue weighted by Crippen LogP contribution is -2.16. The number of nitrogens with one attached hydrogen (secondary N) is 1. The minimum atomic E-state index is 0.310. The van der Waals surface area contributed by atoms with Crippen LogP contribution in [0.5, 0.6) is 0 Å². The number of rotatable bonds is 6. The Labute approximate surface area is 119 Å². The number of hydrogen-bond donors (Lipinski definition) is 1. The Morgan fingerprint density at radius 1 is 1.32 bits per heavy atom. The zero-order chi connectivity index (χ0) is 13.7. The van der Waals surface area contributed by atoms with Crippen LogP contribution in [0.25, 0.3) is 0 Å². The summed E-state index contributed by atoms with van der Waals surface area (Å²) in [5.74, 6) is 1.44. The number of hydrogen-bond acceptors (Lipinski definition) is 4. The molecule has 0 amide bonds. The Bertz CT molecular complexity index is 494. The molecule has 19 heavy (non-hydrogen) atoms. The van der Waals surface area contributed by atoms with Gasteiger partial charge in [0.15, 0.2) is 0 Å². The topological polar surface area (TPSA) is 37.8 Å². The van der Waals surface area contributed by atoms with E-state index in [0.29, 0.717) is 12.0 Å². The van der Waals surface area contributed by atoms with E-state index in [1.54, 1.807) is 17.7 Å². The quantitative estimate of drug-likeness (QED) is 0.854. The molecular weight excluding hydrogens is 254 g/mol. The average molecular weight is 275 g/mol. The van der Waals surface area contributed by atoms with Crippen LogP contribution in [0.3, 0.4) is 0 Å². The van der Waals surface area contributed by atoms with Crippen LogP contribution >= 0.6 is 11.3 Å². The molecule has 2 aromatic rings. The van der Waals surface area contributed by atoms with E-state index in [2.05, 4.69) is 59.6 Å². The number of thiophene rings is 1. The Morgan fingerprint density at radius 2 is 2.16 bits per heavy atom. The van der Waals surface area contributed by atoms with Crippen molar-refractivity contribution in [3.05, 3.63) is 40.5 Å². The molecule has 0 aromatic carbocycles. The summed E-state index contributed by atoms with van der Waals surface area (Å²) in [6.45, 7) is 6.62. The van der Waals surface area contributed by atoms with Gasteiger partial charge in [-0.05, 0) is 23.8 Å². The fourth-order valence-corrected chi connectivity index (χ4v) is 3.01. The van der Waals surface area contributed by atoms with Gasteiger partial charge in [-0.3, -0.25) is 0 Å². The molecule has 0 aliphatic carbocycles. The molecule has 1 atom stereocenters. The van der Waals surface area contributed by atoms with Gasteiger partial charge in [0.2, 0.25) is 0 Å². The summed E-state index contributed by atoms with van der Waals surface area (Å²) in [5, 5.41) is 5.66. The van der Waals surface area contributed by atoms with E-state index in [-0.39, 0.29) is 0 Å². The summed E-state index contributed by atoms with van der Waals surface area (Å²) in [4.78, 5) is 9.98. The monoisotopic (exact) mass is 275 g/mol. The van der Waals surface area contributed by atoms with Crippen molar-refractivity contribution in [2.24, 2.45) is 5.92 Å². The summed E-state index contributed by atoms with van der Waals surface area (Å²) < 4.78 is 0. The van der Waals surface area contributed by atoms with E-state index in [1.165, 1.54) is 4.88 Å². The molecule has 0 aliphatic heterocycles. The SMILES string of the molecule is CCCc1cc(NC(c2cccs2)C(C)C)ncn1. The van der Waals surface area contributed by atoms with Crippen LogP contribution in [0.15, 0.2) is 29.9 Å². The third-order valence-electron chi connectivity index (χ3n) is 3.05. The second-order valence-electron chi connectivity index (χ2n) is 5.03. The van der Waals surface area contributed by atoms with E-state index in [9.17, 15) is 0 Å². The summed E-state index contributed by atoms with van der Waals surface area (Å²) in [6.07, 6.45) is 3.76. The van der Waals surface area contributed by atoms with Crippen molar-refractivity contribution in [2.45, 2.75) is 39.7 Å². The van der Waals surface area contributed by atoms with E-state index < -0.39 is 0 Å². The van der Waals surface area contributed by atoms with E-state index in [1.807, 2.05) is 0 Å². The van der Waals surface area contributed by atoms with Crippen molar-refractivity contribution in [3.63, 3.8) is 0 Å². The maximum absolute atomic E-state index is 4.34. The molecule has 0 saturated carbocycles. The number of aryl methyl sites for hydroxylation is 1. The molecule has 1 unspecified atom stereocenters. The van der Waals surface area contributed by atoms with Crippen LogP contribution in [0.4, 0.5) is 5.82 Å². The van der Waals surface area contributed by atoms with Crippen LogP contribution in [-0.2, 0) is 6.42 Å².